The molecule has 2 aromatic rings. The van der Waals surface area contributed by atoms with Gasteiger partial charge in [0.15, 0.2) is 6.61 Å². The minimum atomic E-state index is -1.35. The number of nitrogens with one attached hydrogen (secondary N) is 1. The molecule has 0 atom stereocenters. The van der Waals surface area contributed by atoms with E-state index in [0.29, 0.717) is 5.69 Å². The Morgan fingerprint density at radius 1 is 1.21 bits per heavy atom. The molecule has 1 amide bonds. The molecule has 0 aliphatic carbocycles. The Morgan fingerprint density at radius 3 is 2.42 bits per heavy atom. The largest absolute Gasteiger partial charge is 0.477 e. The molecule has 7 heteroatoms. The van der Waals surface area contributed by atoms with E-state index in [1.807, 2.05) is 32.9 Å². The number of nitrogens with zero attached hydrogens (tertiary/aromatic N) is 1. The molecule has 126 valence electrons. The summed E-state index contributed by atoms with van der Waals surface area (Å²) in [4.78, 5) is 39.9. The molecule has 0 aliphatic rings. The lowest BCUT2D eigenvalue weighted by atomic mass is 10.1. The van der Waals surface area contributed by atoms with Crippen molar-refractivity contribution in [1.82, 2.24) is 4.73 Å². The summed E-state index contributed by atoms with van der Waals surface area (Å²) in [5.41, 5.74) is 2.37. The van der Waals surface area contributed by atoms with Crippen molar-refractivity contribution in [3.05, 3.63) is 63.1 Å². The van der Waals surface area contributed by atoms with Gasteiger partial charge in [-0.25, -0.2) is 4.79 Å². The molecule has 0 saturated heterocycles. The molecule has 1 heterocycles. The lowest BCUT2D eigenvalue weighted by molar-refractivity contribution is -0.120. The molecule has 0 unspecified atom stereocenters. The van der Waals surface area contributed by atoms with E-state index < -0.39 is 29.6 Å². The van der Waals surface area contributed by atoms with Crippen LogP contribution in [0.1, 0.15) is 27.0 Å². The summed E-state index contributed by atoms with van der Waals surface area (Å²) in [6, 6.07) is 6.43. The Kier molecular flexibility index (Phi) is 5.03. The van der Waals surface area contributed by atoms with E-state index in [9.17, 15) is 14.4 Å². The quantitative estimate of drug-likeness (QED) is 0.866. The standard InChI is InChI=1S/C17H18N2O5/c1-10-7-11(2)15(12(3)8-10)18-14(20)9-24-19-6-4-5-13(16(19)21)17(22)23/h4-8H,9H2,1-3H3,(H,18,20)(H,22,23). The fourth-order valence-electron chi connectivity index (χ4n) is 2.42. The van der Waals surface area contributed by atoms with Gasteiger partial charge in [-0.05, 0) is 44.0 Å². The third-order valence-corrected chi connectivity index (χ3v) is 3.42. The molecule has 0 aliphatic heterocycles. The smallest absolute Gasteiger partial charge is 0.341 e. The summed E-state index contributed by atoms with van der Waals surface area (Å²) < 4.78 is 0.734. The Morgan fingerprint density at radius 2 is 1.83 bits per heavy atom. The maximum absolute atomic E-state index is 12.0. The van der Waals surface area contributed by atoms with Gasteiger partial charge in [-0.1, -0.05) is 17.7 Å². The number of amides is 1. The number of carboxylic acid groups (broad SMARTS) is 1. The molecular formula is C17H18N2O5. The van der Waals surface area contributed by atoms with Crippen molar-refractivity contribution >= 4 is 17.6 Å². The van der Waals surface area contributed by atoms with Crippen molar-refractivity contribution in [3.8, 4) is 0 Å². The van der Waals surface area contributed by atoms with Crippen LogP contribution in [-0.4, -0.2) is 28.3 Å². The van der Waals surface area contributed by atoms with Gasteiger partial charge in [-0.15, -0.1) is 0 Å². The summed E-state index contributed by atoms with van der Waals surface area (Å²) in [6.07, 6.45) is 1.25. The van der Waals surface area contributed by atoms with Crippen LogP contribution in [0, 0.1) is 20.8 Å². The van der Waals surface area contributed by atoms with Gasteiger partial charge in [0.2, 0.25) is 0 Å². The van der Waals surface area contributed by atoms with Crippen LogP contribution in [0.3, 0.4) is 0 Å². The third kappa shape index (κ3) is 3.81. The van der Waals surface area contributed by atoms with Crippen LogP contribution in [-0.2, 0) is 4.79 Å². The first-order valence-corrected chi connectivity index (χ1v) is 7.25. The normalized spacial score (nSPS) is 10.3. The predicted molar refractivity (Wildman–Crippen MR) is 88.4 cm³/mol. The number of aromatic nitrogens is 1. The van der Waals surface area contributed by atoms with Gasteiger partial charge < -0.3 is 15.3 Å². The number of anilines is 1. The first kappa shape index (κ1) is 17.3. The van der Waals surface area contributed by atoms with Crippen LogP contribution in [0.15, 0.2) is 35.3 Å². The molecule has 2 rings (SSSR count). The number of hydrogen-bond donors (Lipinski definition) is 2. The van der Waals surface area contributed by atoms with Crippen LogP contribution in [0.4, 0.5) is 5.69 Å². The summed E-state index contributed by atoms with van der Waals surface area (Å²) in [7, 11) is 0. The van der Waals surface area contributed by atoms with Crippen LogP contribution in [0.2, 0.25) is 0 Å². The number of hydrogen-bond acceptors (Lipinski definition) is 4. The van der Waals surface area contributed by atoms with Crippen LogP contribution < -0.4 is 15.7 Å². The van der Waals surface area contributed by atoms with Crippen molar-refractivity contribution in [2.24, 2.45) is 0 Å². The van der Waals surface area contributed by atoms with Crippen molar-refractivity contribution in [1.29, 1.82) is 0 Å². The summed E-state index contributed by atoms with van der Waals surface area (Å²) in [5, 5.41) is 11.6. The average Bonchev–Trinajstić information content (AvgIpc) is 2.49. The van der Waals surface area contributed by atoms with Crippen molar-refractivity contribution in [2.45, 2.75) is 20.8 Å². The number of benzene rings is 1. The maximum Gasteiger partial charge on any atom is 0.341 e. The van der Waals surface area contributed by atoms with Gasteiger partial charge in [0.25, 0.3) is 11.5 Å². The van der Waals surface area contributed by atoms with Gasteiger partial charge in [0, 0.05) is 11.9 Å². The van der Waals surface area contributed by atoms with E-state index in [2.05, 4.69) is 5.32 Å². The minimum Gasteiger partial charge on any atom is -0.477 e. The molecule has 0 spiro atoms. The lowest BCUT2D eigenvalue weighted by Gasteiger charge is -2.13. The number of pyridine rings is 1. The summed E-state index contributed by atoms with van der Waals surface area (Å²) in [6.45, 7) is 5.32. The Labute approximate surface area is 138 Å². The van der Waals surface area contributed by atoms with Crippen LogP contribution >= 0.6 is 0 Å². The fraction of sp³-hybridized carbons (Fsp3) is 0.235. The summed E-state index contributed by atoms with van der Waals surface area (Å²) >= 11 is 0. The molecule has 2 N–H and O–H groups in total. The lowest BCUT2D eigenvalue weighted by Crippen LogP contribution is -2.34. The number of aryl methyl sites for hydroxylation is 3. The van der Waals surface area contributed by atoms with E-state index in [1.165, 1.54) is 18.3 Å². The molecule has 1 aromatic heterocycles. The summed E-state index contributed by atoms with van der Waals surface area (Å²) in [5.74, 6) is -1.80. The van der Waals surface area contributed by atoms with Crippen LogP contribution in [0.5, 0.6) is 0 Å². The van der Waals surface area contributed by atoms with Gasteiger partial charge >= 0.3 is 5.97 Å². The SMILES string of the molecule is Cc1cc(C)c(NC(=O)COn2cccc(C(=O)O)c2=O)c(C)c1. The molecule has 0 bridgehead atoms. The van der Waals surface area contributed by atoms with Gasteiger partial charge in [-0.3, -0.25) is 9.59 Å². The zero-order valence-electron chi connectivity index (χ0n) is 13.6. The van der Waals surface area contributed by atoms with E-state index in [-0.39, 0.29) is 0 Å². The zero-order valence-corrected chi connectivity index (χ0v) is 13.6. The Bertz CT molecular complexity index is 831. The highest BCUT2D eigenvalue weighted by Crippen LogP contribution is 2.21. The highest BCUT2D eigenvalue weighted by molar-refractivity contribution is 5.93. The van der Waals surface area contributed by atoms with E-state index in [0.717, 1.165) is 21.4 Å². The zero-order chi connectivity index (χ0) is 17.9. The highest BCUT2D eigenvalue weighted by Gasteiger charge is 2.13. The van der Waals surface area contributed by atoms with E-state index >= 15 is 0 Å². The predicted octanol–water partition coefficient (Wildman–Crippen LogP) is 1.54. The van der Waals surface area contributed by atoms with Crippen LogP contribution in [0.25, 0.3) is 0 Å². The number of carbonyl (C=O) groups excluding carboxylic acids is 1. The second-order valence-corrected chi connectivity index (χ2v) is 5.45. The number of carbonyl (C=O) groups is 2. The van der Waals surface area contributed by atoms with Crippen molar-refractivity contribution in [2.75, 3.05) is 11.9 Å². The minimum absolute atomic E-state index is 0.421. The molecule has 0 radical (unpaired) electrons. The van der Waals surface area contributed by atoms with E-state index in [4.69, 9.17) is 9.94 Å². The molecule has 24 heavy (non-hydrogen) atoms. The second kappa shape index (κ2) is 6.99. The second-order valence-electron chi connectivity index (χ2n) is 5.45. The maximum atomic E-state index is 12.0. The molecule has 0 fully saturated rings. The fourth-order valence-corrected chi connectivity index (χ4v) is 2.42. The Balaban J connectivity index is 2.09. The molecule has 0 saturated carbocycles. The first-order valence-electron chi connectivity index (χ1n) is 7.25. The first-order chi connectivity index (χ1) is 11.3. The van der Waals surface area contributed by atoms with Gasteiger partial charge in [0.1, 0.15) is 5.56 Å². The monoisotopic (exact) mass is 330 g/mol. The number of aromatic carboxylic acids is 1. The molecule has 7 nitrogen and oxygen atoms in total. The number of carboxylic acids is 1. The third-order valence-electron chi connectivity index (χ3n) is 3.42. The molecular weight excluding hydrogens is 312 g/mol. The topological polar surface area (TPSA) is 97.6 Å². The average molecular weight is 330 g/mol. The van der Waals surface area contributed by atoms with Gasteiger partial charge in [-0.2, -0.15) is 4.73 Å². The highest BCUT2D eigenvalue weighted by atomic mass is 16.7. The number of rotatable bonds is 5. The van der Waals surface area contributed by atoms with Gasteiger partial charge in [0.05, 0.1) is 0 Å². The Hall–Kier alpha value is -3.09. The molecule has 1 aromatic carbocycles. The van der Waals surface area contributed by atoms with E-state index in [1.54, 1.807) is 0 Å². The van der Waals surface area contributed by atoms with Crippen molar-refractivity contribution in [3.63, 3.8) is 0 Å². The van der Waals surface area contributed by atoms with Crippen molar-refractivity contribution < 1.29 is 19.5 Å².